The topological polar surface area (TPSA) is 80.0 Å². The molecule has 5 aromatic rings. The fourth-order valence-corrected chi connectivity index (χ4v) is 4.99. The van der Waals surface area contributed by atoms with Crippen LogP contribution in [0.5, 0.6) is 5.75 Å². The van der Waals surface area contributed by atoms with Gasteiger partial charge in [0.05, 0.1) is 23.3 Å². The smallest absolute Gasteiger partial charge is 0.123 e. The van der Waals surface area contributed by atoms with Crippen LogP contribution in [0.4, 0.5) is 0 Å². The number of phenolic OH excluding ortho intramolecular Hbond substituents is 1. The maximum absolute atomic E-state index is 10.7. The maximum atomic E-state index is 10.7. The molecule has 0 aliphatic carbocycles. The highest BCUT2D eigenvalue weighted by molar-refractivity contribution is 5.89. The minimum Gasteiger partial charge on any atom is -0.507 e. The average molecular weight is 513 g/mol. The largest absolute Gasteiger partial charge is 0.507 e. The van der Waals surface area contributed by atoms with Gasteiger partial charge in [0, 0.05) is 42.7 Å². The molecule has 7 nitrogen and oxygen atoms in total. The van der Waals surface area contributed by atoms with Gasteiger partial charge in [0.1, 0.15) is 16.8 Å². The predicted molar refractivity (Wildman–Crippen MR) is 149 cm³/mol. The van der Waals surface area contributed by atoms with Crippen LogP contribution in [0.1, 0.15) is 24.1 Å². The zero-order valence-electron chi connectivity index (χ0n) is 21.1. The lowest BCUT2D eigenvalue weighted by atomic mass is 9.92. The van der Waals surface area contributed by atoms with E-state index in [0.29, 0.717) is 5.92 Å². The summed E-state index contributed by atoms with van der Waals surface area (Å²) in [6.45, 7) is 7.38. The molecule has 4 heterocycles. The minimum absolute atomic E-state index is 0. The molecule has 1 fully saturated rings. The second kappa shape index (κ2) is 9.92. The van der Waals surface area contributed by atoms with Gasteiger partial charge in [0.15, 0.2) is 0 Å². The van der Waals surface area contributed by atoms with E-state index in [-0.39, 0.29) is 18.2 Å². The van der Waals surface area contributed by atoms with Gasteiger partial charge in [-0.25, -0.2) is 4.98 Å². The van der Waals surface area contributed by atoms with Crippen LogP contribution < -0.4 is 0 Å². The average Bonchev–Trinajstić information content (AvgIpc) is 3.25. The van der Waals surface area contributed by atoms with Crippen molar-refractivity contribution in [1.82, 2.24) is 29.9 Å². The Hall–Kier alpha value is -3.81. The highest BCUT2D eigenvalue weighted by Crippen LogP contribution is 2.39. The van der Waals surface area contributed by atoms with E-state index >= 15 is 0 Å². The van der Waals surface area contributed by atoms with Gasteiger partial charge in [-0.2, -0.15) is 15.3 Å². The Morgan fingerprint density at radius 3 is 2.46 bits per heavy atom. The molecule has 8 heteroatoms. The number of phenols is 1. The number of aryl methyl sites for hydroxylation is 2. The number of hydrogen-bond donors (Lipinski definition) is 1. The number of likely N-dealkylation sites (N-methyl/N-ethyl adjacent to an activating group) is 1. The lowest BCUT2D eigenvalue weighted by molar-refractivity contribution is 0.154. The Labute approximate surface area is 222 Å². The lowest BCUT2D eigenvalue weighted by Gasteiger charge is -2.37. The summed E-state index contributed by atoms with van der Waals surface area (Å²) < 4.78 is 1.79. The van der Waals surface area contributed by atoms with E-state index in [1.165, 1.54) is 0 Å². The Balaban J connectivity index is 0.00000280. The molecule has 1 N–H and O–H groups in total. The highest BCUT2D eigenvalue weighted by atomic mass is 35.5. The SMILES string of the molecule is CCN1CC(c2ccc(-c3ccc(-c4cc(C)c5nn(C)cc5n4)cc3-c3ccccc3O)nn2)C1.Cl. The van der Waals surface area contributed by atoms with Crippen LogP contribution in [0.25, 0.3) is 44.7 Å². The van der Waals surface area contributed by atoms with E-state index < -0.39 is 0 Å². The van der Waals surface area contributed by atoms with E-state index in [9.17, 15) is 5.11 Å². The van der Waals surface area contributed by atoms with E-state index in [1.54, 1.807) is 10.7 Å². The second-order valence-corrected chi connectivity index (χ2v) is 9.53. The number of pyridine rings is 1. The summed E-state index contributed by atoms with van der Waals surface area (Å²) in [5.74, 6) is 0.671. The molecule has 37 heavy (non-hydrogen) atoms. The fourth-order valence-electron chi connectivity index (χ4n) is 4.99. The molecule has 3 aromatic heterocycles. The van der Waals surface area contributed by atoms with Crippen LogP contribution in [-0.4, -0.2) is 54.6 Å². The van der Waals surface area contributed by atoms with Crippen molar-refractivity contribution in [1.29, 1.82) is 0 Å². The molecule has 0 radical (unpaired) electrons. The van der Waals surface area contributed by atoms with Crippen LogP contribution in [0.3, 0.4) is 0 Å². The van der Waals surface area contributed by atoms with Crippen molar-refractivity contribution in [3.8, 4) is 39.4 Å². The van der Waals surface area contributed by atoms with Crippen molar-refractivity contribution in [2.45, 2.75) is 19.8 Å². The van der Waals surface area contributed by atoms with Gasteiger partial charge in [-0.3, -0.25) is 4.68 Å². The summed E-state index contributed by atoms with van der Waals surface area (Å²) in [6.07, 6.45) is 1.93. The Morgan fingerprint density at radius 2 is 1.73 bits per heavy atom. The fraction of sp³-hybridized carbons (Fsp3) is 0.241. The number of likely N-dealkylation sites (tertiary alicyclic amines) is 1. The van der Waals surface area contributed by atoms with Crippen LogP contribution in [0, 0.1) is 6.92 Å². The molecule has 2 aromatic carbocycles. The van der Waals surface area contributed by atoms with Crippen molar-refractivity contribution in [3.05, 3.63) is 78.1 Å². The molecule has 188 valence electrons. The summed E-state index contributed by atoms with van der Waals surface area (Å²) in [6, 6.07) is 19.8. The standard InChI is InChI=1S/C29H28N6O.ClH/c1-4-35-15-20(16-35)24-11-12-25(32-31-24)21-10-9-19(14-23(21)22-7-5-6-8-28(22)36)26-13-18(2)29-27(30-26)17-34(3)33-29;/h5-14,17,20,36H,4,15-16H2,1-3H3;1H. The maximum Gasteiger partial charge on any atom is 0.123 e. The van der Waals surface area contributed by atoms with E-state index in [2.05, 4.69) is 58.3 Å². The van der Waals surface area contributed by atoms with Crippen LogP contribution >= 0.6 is 12.4 Å². The van der Waals surface area contributed by atoms with Gasteiger partial charge in [-0.15, -0.1) is 12.4 Å². The van der Waals surface area contributed by atoms with Crippen LogP contribution in [0.15, 0.2) is 66.9 Å². The number of fused-ring (bicyclic) bond motifs is 1. The molecule has 0 spiro atoms. The zero-order chi connectivity index (χ0) is 24.8. The molecule has 1 saturated heterocycles. The first-order valence-corrected chi connectivity index (χ1v) is 12.3. The first-order valence-electron chi connectivity index (χ1n) is 12.3. The van der Waals surface area contributed by atoms with Crippen molar-refractivity contribution in [2.24, 2.45) is 7.05 Å². The summed E-state index contributed by atoms with van der Waals surface area (Å²) in [4.78, 5) is 7.27. The first kappa shape index (κ1) is 24.9. The van der Waals surface area contributed by atoms with Gasteiger partial charge < -0.3 is 10.0 Å². The van der Waals surface area contributed by atoms with Gasteiger partial charge in [-0.1, -0.05) is 37.3 Å². The first-order chi connectivity index (χ1) is 17.5. The molecule has 0 saturated carbocycles. The third kappa shape index (κ3) is 4.56. The highest BCUT2D eigenvalue weighted by Gasteiger charge is 2.28. The number of para-hydroxylation sites is 1. The molecule has 0 amide bonds. The van der Waals surface area contributed by atoms with Gasteiger partial charge in [-0.05, 0) is 54.9 Å². The number of nitrogens with zero attached hydrogens (tertiary/aromatic N) is 6. The number of rotatable bonds is 5. The van der Waals surface area contributed by atoms with Gasteiger partial charge in [0.2, 0.25) is 0 Å². The van der Waals surface area contributed by atoms with Crippen molar-refractivity contribution in [3.63, 3.8) is 0 Å². The molecule has 0 atom stereocenters. The summed E-state index contributed by atoms with van der Waals surface area (Å²) in [5, 5.41) is 24.4. The Kier molecular flexibility index (Phi) is 6.67. The van der Waals surface area contributed by atoms with Crippen molar-refractivity contribution in [2.75, 3.05) is 19.6 Å². The number of hydrogen-bond acceptors (Lipinski definition) is 6. The number of benzene rings is 2. The molecule has 1 aliphatic heterocycles. The van der Waals surface area contributed by atoms with Crippen molar-refractivity contribution >= 4 is 23.4 Å². The van der Waals surface area contributed by atoms with E-state index in [4.69, 9.17) is 4.98 Å². The molecular formula is C29H29ClN6O. The second-order valence-electron chi connectivity index (χ2n) is 9.53. The molecule has 0 bridgehead atoms. The quantitative estimate of drug-likeness (QED) is 0.329. The number of halogens is 1. The third-order valence-electron chi connectivity index (χ3n) is 7.07. The van der Waals surface area contributed by atoms with Gasteiger partial charge >= 0.3 is 0 Å². The summed E-state index contributed by atoms with van der Waals surface area (Å²) in [5.41, 5.74) is 9.03. The monoisotopic (exact) mass is 512 g/mol. The summed E-state index contributed by atoms with van der Waals surface area (Å²) in [7, 11) is 1.91. The van der Waals surface area contributed by atoms with E-state index in [1.807, 2.05) is 43.6 Å². The van der Waals surface area contributed by atoms with Gasteiger partial charge in [0.25, 0.3) is 0 Å². The number of aromatic hydroxyl groups is 1. The predicted octanol–water partition coefficient (Wildman–Crippen LogP) is 5.61. The molecule has 6 rings (SSSR count). The Bertz CT molecular complexity index is 1570. The Morgan fingerprint density at radius 1 is 0.919 bits per heavy atom. The number of aromatic nitrogens is 5. The van der Waals surface area contributed by atoms with Crippen molar-refractivity contribution < 1.29 is 5.11 Å². The zero-order valence-corrected chi connectivity index (χ0v) is 21.9. The van der Waals surface area contributed by atoms with Crippen LogP contribution in [0.2, 0.25) is 0 Å². The minimum atomic E-state index is 0. The normalized spacial score (nSPS) is 13.9. The summed E-state index contributed by atoms with van der Waals surface area (Å²) >= 11 is 0. The van der Waals surface area contributed by atoms with E-state index in [0.717, 1.165) is 75.6 Å². The molecule has 1 aliphatic rings. The molecular weight excluding hydrogens is 484 g/mol. The lowest BCUT2D eigenvalue weighted by Crippen LogP contribution is -2.44. The third-order valence-corrected chi connectivity index (χ3v) is 7.07. The van der Waals surface area contributed by atoms with Crippen LogP contribution in [-0.2, 0) is 7.05 Å². The molecule has 0 unspecified atom stereocenters.